The number of nitrogens with one attached hydrogen (secondary N) is 1. The van der Waals surface area contributed by atoms with Crippen LogP contribution in [0.2, 0.25) is 0 Å². The Morgan fingerprint density at radius 2 is 1.93 bits per heavy atom. The van der Waals surface area contributed by atoms with Gasteiger partial charge in [-0.15, -0.1) is 0 Å². The highest BCUT2D eigenvalue weighted by Gasteiger charge is 2.05. The smallest absolute Gasteiger partial charge is 0.00750 e. The third-order valence-electron chi connectivity index (χ3n) is 2.70. The van der Waals surface area contributed by atoms with E-state index in [2.05, 4.69) is 49.0 Å². The molecule has 0 amide bonds. The van der Waals surface area contributed by atoms with Crippen LogP contribution < -0.4 is 5.32 Å². The van der Waals surface area contributed by atoms with E-state index in [9.17, 15) is 0 Å². The fourth-order valence-electron chi connectivity index (χ4n) is 1.68. The van der Waals surface area contributed by atoms with E-state index in [1.165, 1.54) is 30.6 Å². The molecule has 1 rings (SSSR count). The molecule has 1 nitrogen and oxygen atoms in total. The standard InChI is InChI=1S/C13H21NS/c1-14-13(10-11-15-2)9-8-12-6-4-3-5-7-12/h3-7,13-14H,8-11H2,1-2H3. The maximum absolute atomic E-state index is 3.39. The lowest BCUT2D eigenvalue weighted by Gasteiger charge is -2.15. The average Bonchev–Trinajstić information content (AvgIpc) is 2.31. The summed E-state index contributed by atoms with van der Waals surface area (Å²) >= 11 is 1.93. The molecule has 1 atom stereocenters. The summed E-state index contributed by atoms with van der Waals surface area (Å²) in [5.74, 6) is 1.25. The van der Waals surface area contributed by atoms with Gasteiger partial charge < -0.3 is 5.32 Å². The number of benzene rings is 1. The Morgan fingerprint density at radius 1 is 1.20 bits per heavy atom. The fourth-order valence-corrected chi connectivity index (χ4v) is 2.20. The van der Waals surface area contributed by atoms with E-state index >= 15 is 0 Å². The summed E-state index contributed by atoms with van der Waals surface area (Å²) < 4.78 is 0. The summed E-state index contributed by atoms with van der Waals surface area (Å²) in [6.45, 7) is 0. The van der Waals surface area contributed by atoms with Crippen molar-refractivity contribution in [3.63, 3.8) is 0 Å². The van der Waals surface area contributed by atoms with Gasteiger partial charge >= 0.3 is 0 Å². The monoisotopic (exact) mass is 223 g/mol. The molecule has 0 saturated heterocycles. The van der Waals surface area contributed by atoms with Crippen LogP contribution in [0.25, 0.3) is 0 Å². The number of hydrogen-bond acceptors (Lipinski definition) is 2. The third kappa shape index (κ3) is 5.24. The van der Waals surface area contributed by atoms with Gasteiger partial charge in [-0.3, -0.25) is 0 Å². The van der Waals surface area contributed by atoms with Gasteiger partial charge in [-0.2, -0.15) is 11.8 Å². The Kier molecular flexibility index (Phi) is 6.53. The largest absolute Gasteiger partial charge is 0.317 e. The number of rotatable bonds is 7. The Bertz CT molecular complexity index is 248. The van der Waals surface area contributed by atoms with Crippen LogP contribution in [0.15, 0.2) is 30.3 Å². The molecule has 0 aliphatic heterocycles. The third-order valence-corrected chi connectivity index (χ3v) is 3.35. The summed E-state index contributed by atoms with van der Waals surface area (Å²) in [4.78, 5) is 0. The van der Waals surface area contributed by atoms with Gasteiger partial charge in [0.15, 0.2) is 0 Å². The van der Waals surface area contributed by atoms with E-state index in [1.54, 1.807) is 0 Å². The Labute approximate surface area is 97.7 Å². The SMILES string of the molecule is CNC(CCSC)CCc1ccccc1. The summed E-state index contributed by atoms with van der Waals surface area (Å²) in [6, 6.07) is 11.4. The quantitative estimate of drug-likeness (QED) is 0.763. The lowest BCUT2D eigenvalue weighted by molar-refractivity contribution is 0.512. The van der Waals surface area contributed by atoms with E-state index in [1.807, 2.05) is 11.8 Å². The Hall–Kier alpha value is -0.470. The second-order valence-electron chi connectivity index (χ2n) is 3.79. The predicted molar refractivity (Wildman–Crippen MR) is 70.6 cm³/mol. The van der Waals surface area contributed by atoms with Crippen molar-refractivity contribution in [2.24, 2.45) is 0 Å². The van der Waals surface area contributed by atoms with E-state index in [4.69, 9.17) is 0 Å². The van der Waals surface area contributed by atoms with E-state index in [0.717, 1.165) is 0 Å². The minimum atomic E-state index is 0.664. The molecule has 0 fully saturated rings. The van der Waals surface area contributed by atoms with Gasteiger partial charge in [-0.1, -0.05) is 30.3 Å². The molecule has 1 N–H and O–H groups in total. The zero-order valence-corrected chi connectivity index (χ0v) is 10.5. The molecule has 0 aromatic heterocycles. The molecule has 0 aliphatic carbocycles. The summed E-state index contributed by atoms with van der Waals surface area (Å²) in [6.07, 6.45) is 5.86. The van der Waals surface area contributed by atoms with Crippen LogP contribution in [0, 0.1) is 0 Å². The number of hydrogen-bond donors (Lipinski definition) is 1. The zero-order valence-electron chi connectivity index (χ0n) is 9.70. The Balaban J connectivity index is 2.28. The number of thioether (sulfide) groups is 1. The second-order valence-corrected chi connectivity index (χ2v) is 4.78. The zero-order chi connectivity index (χ0) is 10.9. The highest BCUT2D eigenvalue weighted by atomic mass is 32.2. The van der Waals surface area contributed by atoms with Crippen LogP contribution in [-0.2, 0) is 6.42 Å². The van der Waals surface area contributed by atoms with Crippen molar-refractivity contribution in [1.82, 2.24) is 5.32 Å². The molecule has 1 aromatic rings. The lowest BCUT2D eigenvalue weighted by Crippen LogP contribution is -2.26. The van der Waals surface area contributed by atoms with Gasteiger partial charge in [-0.05, 0) is 43.9 Å². The first-order valence-electron chi connectivity index (χ1n) is 5.57. The van der Waals surface area contributed by atoms with Crippen molar-refractivity contribution < 1.29 is 0 Å². The van der Waals surface area contributed by atoms with Crippen molar-refractivity contribution in [2.75, 3.05) is 19.1 Å². The first kappa shape index (κ1) is 12.6. The molecule has 0 spiro atoms. The maximum Gasteiger partial charge on any atom is 0.00750 e. The summed E-state index contributed by atoms with van der Waals surface area (Å²) in [5.41, 5.74) is 1.45. The molecule has 0 aliphatic rings. The normalized spacial score (nSPS) is 12.7. The van der Waals surface area contributed by atoms with E-state index in [0.29, 0.717) is 6.04 Å². The van der Waals surface area contributed by atoms with Gasteiger partial charge in [-0.25, -0.2) is 0 Å². The van der Waals surface area contributed by atoms with Crippen LogP contribution in [0.5, 0.6) is 0 Å². The summed E-state index contributed by atoms with van der Waals surface area (Å²) in [5, 5.41) is 3.39. The topological polar surface area (TPSA) is 12.0 Å². The van der Waals surface area contributed by atoms with Crippen LogP contribution in [-0.4, -0.2) is 25.1 Å². The fraction of sp³-hybridized carbons (Fsp3) is 0.538. The molecule has 0 radical (unpaired) electrons. The highest BCUT2D eigenvalue weighted by molar-refractivity contribution is 7.98. The van der Waals surface area contributed by atoms with Crippen molar-refractivity contribution in [2.45, 2.75) is 25.3 Å². The van der Waals surface area contributed by atoms with Gasteiger partial charge in [0, 0.05) is 6.04 Å². The predicted octanol–water partition coefficient (Wildman–Crippen LogP) is 2.96. The van der Waals surface area contributed by atoms with Crippen LogP contribution in [0.1, 0.15) is 18.4 Å². The van der Waals surface area contributed by atoms with Crippen LogP contribution in [0.4, 0.5) is 0 Å². The van der Waals surface area contributed by atoms with Gasteiger partial charge in [0.1, 0.15) is 0 Å². The van der Waals surface area contributed by atoms with E-state index in [-0.39, 0.29) is 0 Å². The first-order chi connectivity index (χ1) is 7.36. The van der Waals surface area contributed by atoms with Gasteiger partial charge in [0.25, 0.3) is 0 Å². The molecule has 84 valence electrons. The van der Waals surface area contributed by atoms with Crippen molar-refractivity contribution in [1.29, 1.82) is 0 Å². The molecule has 0 heterocycles. The van der Waals surface area contributed by atoms with E-state index < -0.39 is 0 Å². The highest BCUT2D eigenvalue weighted by Crippen LogP contribution is 2.09. The minimum absolute atomic E-state index is 0.664. The molecule has 0 bridgehead atoms. The minimum Gasteiger partial charge on any atom is -0.317 e. The lowest BCUT2D eigenvalue weighted by atomic mass is 10.0. The molecule has 2 heteroatoms. The van der Waals surface area contributed by atoms with Crippen molar-refractivity contribution >= 4 is 11.8 Å². The van der Waals surface area contributed by atoms with Crippen LogP contribution >= 0.6 is 11.8 Å². The average molecular weight is 223 g/mol. The molecule has 1 aromatic carbocycles. The van der Waals surface area contributed by atoms with Crippen molar-refractivity contribution in [3.05, 3.63) is 35.9 Å². The van der Waals surface area contributed by atoms with Crippen molar-refractivity contribution in [3.8, 4) is 0 Å². The second kappa shape index (κ2) is 7.77. The maximum atomic E-state index is 3.39. The molecule has 0 saturated carbocycles. The summed E-state index contributed by atoms with van der Waals surface area (Å²) in [7, 11) is 2.07. The first-order valence-corrected chi connectivity index (χ1v) is 6.96. The van der Waals surface area contributed by atoms with Crippen LogP contribution in [0.3, 0.4) is 0 Å². The molecular formula is C13H21NS. The Morgan fingerprint density at radius 3 is 2.53 bits per heavy atom. The molecular weight excluding hydrogens is 202 g/mol. The molecule has 15 heavy (non-hydrogen) atoms. The molecule has 1 unspecified atom stereocenters. The van der Waals surface area contributed by atoms with Gasteiger partial charge in [0.2, 0.25) is 0 Å². The van der Waals surface area contributed by atoms with Gasteiger partial charge in [0.05, 0.1) is 0 Å². The number of aryl methyl sites for hydroxylation is 1.